The highest BCUT2D eigenvalue weighted by Crippen LogP contribution is 2.32. The maximum atomic E-state index is 5.10. The van der Waals surface area contributed by atoms with Gasteiger partial charge in [-0.25, -0.2) is 0 Å². The molecule has 1 aromatic heterocycles. The number of thiophene rings is 1. The molecule has 1 unspecified atom stereocenters. The van der Waals surface area contributed by atoms with Gasteiger partial charge >= 0.3 is 0 Å². The number of halogens is 2. The van der Waals surface area contributed by atoms with E-state index in [1.165, 1.54) is 19.4 Å². The van der Waals surface area contributed by atoms with Crippen LogP contribution in [0, 0.1) is 0 Å². The average Bonchev–Trinajstić information content (AvgIpc) is 2.88. The molecule has 114 valence electrons. The molecule has 0 aliphatic carbocycles. The summed E-state index contributed by atoms with van der Waals surface area (Å²) in [6.07, 6.45) is 1.03. The van der Waals surface area contributed by atoms with E-state index in [1.807, 2.05) is 11.3 Å². The van der Waals surface area contributed by atoms with Crippen molar-refractivity contribution >= 4 is 43.2 Å². The van der Waals surface area contributed by atoms with Crippen molar-refractivity contribution in [2.75, 3.05) is 26.8 Å². The lowest BCUT2D eigenvalue weighted by Crippen LogP contribution is -2.26. The molecule has 0 amide bonds. The number of benzene rings is 1. The Kier molecular flexibility index (Phi) is 7.40. The van der Waals surface area contributed by atoms with Crippen LogP contribution in [0.2, 0.25) is 0 Å². The quantitative estimate of drug-likeness (QED) is 0.602. The van der Waals surface area contributed by atoms with Crippen LogP contribution < -0.4 is 5.32 Å². The van der Waals surface area contributed by atoms with Crippen LogP contribution in [0.25, 0.3) is 0 Å². The molecule has 5 heteroatoms. The van der Waals surface area contributed by atoms with Crippen molar-refractivity contribution in [3.63, 3.8) is 0 Å². The van der Waals surface area contributed by atoms with E-state index >= 15 is 0 Å². The lowest BCUT2D eigenvalue weighted by atomic mass is 9.95. The van der Waals surface area contributed by atoms with Crippen LogP contribution in [-0.4, -0.2) is 26.8 Å². The van der Waals surface area contributed by atoms with Crippen molar-refractivity contribution in [1.29, 1.82) is 0 Å². The molecule has 0 spiro atoms. The third-order valence-corrected chi connectivity index (χ3v) is 6.01. The fourth-order valence-corrected chi connectivity index (χ4v) is 4.45. The fraction of sp³-hybridized carbons (Fsp3) is 0.375. The van der Waals surface area contributed by atoms with E-state index in [0.717, 1.165) is 26.1 Å². The molecule has 1 N–H and O–H groups in total. The minimum atomic E-state index is 0.437. The van der Waals surface area contributed by atoms with Crippen LogP contribution in [0.1, 0.15) is 16.4 Å². The number of methoxy groups -OCH3 is 1. The smallest absolute Gasteiger partial charge is 0.0587 e. The van der Waals surface area contributed by atoms with E-state index in [-0.39, 0.29) is 0 Å². The van der Waals surface area contributed by atoms with Crippen LogP contribution in [-0.2, 0) is 11.2 Å². The van der Waals surface area contributed by atoms with Gasteiger partial charge in [0.05, 0.1) is 6.61 Å². The van der Waals surface area contributed by atoms with Crippen LogP contribution >= 0.6 is 43.2 Å². The molecule has 2 nitrogen and oxygen atoms in total. The van der Waals surface area contributed by atoms with E-state index < -0.39 is 0 Å². The van der Waals surface area contributed by atoms with Crippen LogP contribution in [0.4, 0.5) is 0 Å². The first-order valence-corrected chi connectivity index (χ1v) is 9.35. The second kappa shape index (κ2) is 9.06. The van der Waals surface area contributed by atoms with E-state index in [9.17, 15) is 0 Å². The second-order valence-corrected chi connectivity index (χ2v) is 7.52. The molecule has 1 atom stereocenters. The molecule has 2 aromatic rings. The Morgan fingerprint density at radius 1 is 1.19 bits per heavy atom. The number of hydrogen-bond donors (Lipinski definition) is 1. The Bertz CT molecular complexity index is 559. The summed E-state index contributed by atoms with van der Waals surface area (Å²) in [5, 5.41) is 5.62. The molecule has 0 saturated heterocycles. The van der Waals surface area contributed by atoms with Crippen LogP contribution in [0.3, 0.4) is 0 Å². The van der Waals surface area contributed by atoms with Gasteiger partial charge in [0.2, 0.25) is 0 Å². The fourth-order valence-electron chi connectivity index (χ4n) is 2.24. The van der Waals surface area contributed by atoms with Gasteiger partial charge in [0.25, 0.3) is 0 Å². The number of ether oxygens (including phenoxy) is 1. The largest absolute Gasteiger partial charge is 0.383 e. The summed E-state index contributed by atoms with van der Waals surface area (Å²) in [6, 6.07) is 10.6. The zero-order chi connectivity index (χ0) is 15.1. The molecular formula is C16H19Br2NOS. The molecule has 2 rings (SSSR count). The predicted molar refractivity (Wildman–Crippen MR) is 97.4 cm³/mol. The molecule has 0 radical (unpaired) electrons. The van der Waals surface area contributed by atoms with Gasteiger partial charge in [-0.15, -0.1) is 11.3 Å². The zero-order valence-corrected chi connectivity index (χ0v) is 15.9. The normalized spacial score (nSPS) is 12.5. The molecular weight excluding hydrogens is 414 g/mol. The van der Waals surface area contributed by atoms with Crippen molar-refractivity contribution < 1.29 is 4.74 Å². The van der Waals surface area contributed by atoms with Gasteiger partial charge in [0.1, 0.15) is 0 Å². The summed E-state index contributed by atoms with van der Waals surface area (Å²) in [4.78, 5) is 1.39. The lowest BCUT2D eigenvalue weighted by Gasteiger charge is -2.19. The minimum absolute atomic E-state index is 0.437. The first-order valence-electron chi connectivity index (χ1n) is 6.88. The van der Waals surface area contributed by atoms with Gasteiger partial charge < -0.3 is 10.1 Å². The van der Waals surface area contributed by atoms with Gasteiger partial charge in [-0.05, 0) is 45.4 Å². The summed E-state index contributed by atoms with van der Waals surface area (Å²) >= 11 is 9.13. The first kappa shape index (κ1) is 17.2. The van der Waals surface area contributed by atoms with Crippen molar-refractivity contribution in [2.24, 2.45) is 0 Å². The molecule has 0 fully saturated rings. The summed E-state index contributed by atoms with van der Waals surface area (Å²) in [5.41, 5.74) is 1.35. The summed E-state index contributed by atoms with van der Waals surface area (Å²) in [6.45, 7) is 2.56. The highest BCUT2D eigenvalue weighted by molar-refractivity contribution is 9.10. The van der Waals surface area contributed by atoms with Crippen molar-refractivity contribution in [1.82, 2.24) is 5.32 Å². The van der Waals surface area contributed by atoms with Crippen molar-refractivity contribution in [3.05, 3.63) is 55.1 Å². The first-order chi connectivity index (χ1) is 10.2. The second-order valence-electron chi connectivity index (χ2n) is 4.81. The Hall–Kier alpha value is -0.200. The van der Waals surface area contributed by atoms with E-state index in [4.69, 9.17) is 4.74 Å². The highest BCUT2D eigenvalue weighted by Gasteiger charge is 2.16. The number of hydrogen-bond acceptors (Lipinski definition) is 3. The average molecular weight is 433 g/mol. The molecule has 0 bridgehead atoms. The molecule has 21 heavy (non-hydrogen) atoms. The number of rotatable bonds is 8. The Morgan fingerprint density at radius 3 is 2.67 bits per heavy atom. The van der Waals surface area contributed by atoms with E-state index in [1.54, 1.807) is 7.11 Å². The Balaban J connectivity index is 2.10. The highest BCUT2D eigenvalue weighted by atomic mass is 79.9. The Labute approximate surface area is 147 Å². The van der Waals surface area contributed by atoms with Gasteiger partial charge in [0, 0.05) is 39.9 Å². The predicted octanol–water partition coefficient (Wildman–Crippen LogP) is 4.84. The molecule has 0 aliphatic rings. The van der Waals surface area contributed by atoms with Crippen LogP contribution in [0.5, 0.6) is 0 Å². The topological polar surface area (TPSA) is 21.3 Å². The van der Waals surface area contributed by atoms with Gasteiger partial charge in [-0.1, -0.05) is 34.1 Å². The lowest BCUT2D eigenvalue weighted by molar-refractivity contribution is 0.199. The molecule has 0 aliphatic heterocycles. The Morgan fingerprint density at radius 2 is 2.00 bits per heavy atom. The number of nitrogens with one attached hydrogen (secondary N) is 1. The van der Waals surface area contributed by atoms with Crippen LogP contribution in [0.15, 0.2) is 44.7 Å². The summed E-state index contributed by atoms with van der Waals surface area (Å²) < 4.78 is 7.49. The minimum Gasteiger partial charge on any atom is -0.383 e. The molecule has 0 saturated carbocycles. The summed E-state index contributed by atoms with van der Waals surface area (Å²) in [7, 11) is 1.73. The monoisotopic (exact) mass is 431 g/mol. The van der Waals surface area contributed by atoms with Gasteiger partial charge in [-0.3, -0.25) is 0 Å². The van der Waals surface area contributed by atoms with E-state index in [2.05, 4.69) is 72.9 Å². The molecule has 1 aromatic carbocycles. The van der Waals surface area contributed by atoms with Crippen molar-refractivity contribution in [3.8, 4) is 0 Å². The standard InChI is InChI=1S/C16H19Br2NOS/c1-20-8-7-19-11-12(10-16-15(18)6-9-21-16)13-4-2-3-5-14(13)17/h2-6,9,12,19H,7-8,10-11H2,1H3. The van der Waals surface area contributed by atoms with Crippen molar-refractivity contribution in [2.45, 2.75) is 12.3 Å². The maximum absolute atomic E-state index is 5.10. The van der Waals surface area contributed by atoms with Gasteiger partial charge in [-0.2, -0.15) is 0 Å². The SMILES string of the molecule is COCCNCC(Cc1sccc1Br)c1ccccc1Br. The zero-order valence-electron chi connectivity index (χ0n) is 11.9. The maximum Gasteiger partial charge on any atom is 0.0587 e. The summed E-state index contributed by atoms with van der Waals surface area (Å²) in [5.74, 6) is 0.437. The van der Waals surface area contributed by atoms with Gasteiger partial charge in [0.15, 0.2) is 0 Å². The third kappa shape index (κ3) is 5.18. The van der Waals surface area contributed by atoms with E-state index in [0.29, 0.717) is 5.92 Å². The molecule has 1 heterocycles. The third-order valence-electron chi connectivity index (χ3n) is 3.34.